The summed E-state index contributed by atoms with van der Waals surface area (Å²) in [5.74, 6) is 0.464. The highest BCUT2D eigenvalue weighted by molar-refractivity contribution is 7.22. The van der Waals surface area contributed by atoms with Gasteiger partial charge < -0.3 is 9.64 Å². The van der Waals surface area contributed by atoms with Crippen molar-refractivity contribution in [3.05, 3.63) is 71.0 Å². The van der Waals surface area contributed by atoms with Gasteiger partial charge in [-0.3, -0.25) is 9.36 Å². The van der Waals surface area contributed by atoms with Crippen LogP contribution < -0.4 is 15.2 Å². The molecule has 2 aromatic heterocycles. The van der Waals surface area contributed by atoms with E-state index >= 15 is 0 Å². The summed E-state index contributed by atoms with van der Waals surface area (Å²) >= 11 is 1.37. The molecule has 1 aliphatic heterocycles. The number of nitrogens with zero attached hydrogens (tertiary/aromatic N) is 3. The van der Waals surface area contributed by atoms with Gasteiger partial charge in [-0.1, -0.05) is 12.1 Å². The van der Waals surface area contributed by atoms with Gasteiger partial charge in [-0.05, 0) is 48.7 Å². The fourth-order valence-corrected chi connectivity index (χ4v) is 4.93. The van der Waals surface area contributed by atoms with Crippen molar-refractivity contribution in [2.24, 2.45) is 0 Å². The van der Waals surface area contributed by atoms with Crippen LogP contribution in [0.25, 0.3) is 26.3 Å². The second kappa shape index (κ2) is 7.57. The van der Waals surface area contributed by atoms with Crippen LogP contribution in [0.15, 0.2) is 59.7 Å². The molecule has 0 radical (unpaired) electrons. The van der Waals surface area contributed by atoms with Crippen LogP contribution in [0.2, 0.25) is 0 Å². The number of fused-ring (bicyclic) bond motifs is 1. The molecule has 152 valence electrons. The highest BCUT2D eigenvalue weighted by Gasteiger charge is 2.18. The first-order valence-corrected chi connectivity index (χ1v) is 10.7. The highest BCUT2D eigenvalue weighted by Crippen LogP contribution is 2.34. The van der Waals surface area contributed by atoms with Crippen molar-refractivity contribution < 1.29 is 9.13 Å². The second-order valence-electron chi connectivity index (χ2n) is 7.30. The largest absolute Gasteiger partial charge is 0.495 e. The predicted molar refractivity (Wildman–Crippen MR) is 119 cm³/mol. The highest BCUT2D eigenvalue weighted by atomic mass is 32.1. The number of hydrogen-bond donors (Lipinski definition) is 0. The maximum absolute atomic E-state index is 13.2. The summed E-state index contributed by atoms with van der Waals surface area (Å²) in [4.78, 5) is 20.9. The summed E-state index contributed by atoms with van der Waals surface area (Å²) in [5, 5.41) is 0. The van der Waals surface area contributed by atoms with Crippen molar-refractivity contribution in [3.63, 3.8) is 0 Å². The molecule has 0 bridgehead atoms. The molecule has 5 rings (SSSR count). The molecule has 0 amide bonds. The molecule has 3 heterocycles. The summed E-state index contributed by atoms with van der Waals surface area (Å²) in [6.07, 6.45) is 3.91. The Morgan fingerprint density at radius 2 is 1.83 bits per heavy atom. The van der Waals surface area contributed by atoms with Crippen LogP contribution in [0.3, 0.4) is 0 Å². The zero-order valence-corrected chi connectivity index (χ0v) is 17.3. The Morgan fingerprint density at radius 1 is 1.07 bits per heavy atom. The van der Waals surface area contributed by atoms with Crippen molar-refractivity contribution in [2.45, 2.75) is 12.8 Å². The van der Waals surface area contributed by atoms with Crippen molar-refractivity contribution in [1.82, 2.24) is 9.55 Å². The van der Waals surface area contributed by atoms with Gasteiger partial charge in [-0.25, -0.2) is 9.37 Å². The van der Waals surface area contributed by atoms with Gasteiger partial charge in [0.25, 0.3) is 5.56 Å². The van der Waals surface area contributed by atoms with Crippen molar-refractivity contribution in [1.29, 1.82) is 0 Å². The van der Waals surface area contributed by atoms with Crippen LogP contribution in [-0.2, 0) is 0 Å². The Bertz CT molecular complexity index is 1270. The first-order chi connectivity index (χ1) is 14.6. The number of rotatable bonds is 4. The van der Waals surface area contributed by atoms with Crippen molar-refractivity contribution in [2.75, 3.05) is 25.1 Å². The molecule has 0 saturated carbocycles. The molecule has 0 atom stereocenters. The van der Waals surface area contributed by atoms with E-state index in [1.54, 1.807) is 30.1 Å². The third-order valence-corrected chi connectivity index (χ3v) is 6.62. The van der Waals surface area contributed by atoms with E-state index in [9.17, 15) is 9.18 Å². The van der Waals surface area contributed by atoms with Gasteiger partial charge in [0.1, 0.15) is 22.6 Å². The summed E-state index contributed by atoms with van der Waals surface area (Å²) in [6.45, 7) is 2.04. The Morgan fingerprint density at radius 3 is 2.57 bits per heavy atom. The molecule has 0 spiro atoms. The zero-order valence-electron chi connectivity index (χ0n) is 16.5. The van der Waals surface area contributed by atoms with Gasteiger partial charge in [-0.15, -0.1) is 11.3 Å². The molecule has 1 fully saturated rings. The Balaban J connectivity index is 1.57. The Hall–Kier alpha value is -3.19. The number of halogens is 1. The predicted octanol–water partition coefficient (Wildman–Crippen LogP) is 4.86. The maximum atomic E-state index is 13.2. The number of anilines is 1. The fourth-order valence-electron chi connectivity index (χ4n) is 3.89. The molecule has 0 aliphatic carbocycles. The van der Waals surface area contributed by atoms with E-state index in [0.717, 1.165) is 35.0 Å². The van der Waals surface area contributed by atoms with Crippen LogP contribution >= 0.6 is 11.3 Å². The van der Waals surface area contributed by atoms with Gasteiger partial charge in [0.15, 0.2) is 0 Å². The molecule has 5 nitrogen and oxygen atoms in total. The van der Waals surface area contributed by atoms with Crippen LogP contribution in [0, 0.1) is 5.82 Å². The fraction of sp³-hybridized carbons (Fsp3) is 0.217. The SMILES string of the molecule is COc1cc(-n2cnc3cc(-c4ccc(F)cc4)sc3c2=O)ccc1N1CCCC1. The third kappa shape index (κ3) is 3.25. The van der Waals surface area contributed by atoms with Crippen molar-refractivity contribution in [3.8, 4) is 21.9 Å². The number of aromatic nitrogens is 2. The number of methoxy groups -OCH3 is 1. The molecule has 7 heteroatoms. The number of ether oxygens (including phenoxy) is 1. The first-order valence-electron chi connectivity index (χ1n) is 9.84. The quantitative estimate of drug-likeness (QED) is 0.472. The zero-order chi connectivity index (χ0) is 20.7. The van der Waals surface area contributed by atoms with E-state index < -0.39 is 0 Å². The van der Waals surface area contributed by atoms with Gasteiger partial charge in [0, 0.05) is 24.0 Å². The van der Waals surface area contributed by atoms with Gasteiger partial charge in [0.2, 0.25) is 0 Å². The summed E-state index contributed by atoms with van der Waals surface area (Å²) in [6, 6.07) is 13.9. The molecule has 2 aromatic carbocycles. The molecular formula is C23H20FN3O2S. The maximum Gasteiger partial charge on any atom is 0.275 e. The van der Waals surface area contributed by atoms with Gasteiger partial charge >= 0.3 is 0 Å². The number of thiophene rings is 1. The monoisotopic (exact) mass is 421 g/mol. The molecule has 1 aliphatic rings. The Kier molecular flexibility index (Phi) is 4.75. The van der Waals surface area contributed by atoms with Crippen LogP contribution in [0.1, 0.15) is 12.8 Å². The van der Waals surface area contributed by atoms with Crippen LogP contribution in [0.5, 0.6) is 5.75 Å². The lowest BCUT2D eigenvalue weighted by Crippen LogP contribution is -2.20. The minimum atomic E-state index is -0.285. The molecule has 30 heavy (non-hydrogen) atoms. The van der Waals surface area contributed by atoms with Crippen molar-refractivity contribution >= 4 is 27.2 Å². The summed E-state index contributed by atoms with van der Waals surface area (Å²) in [5.41, 5.74) is 3.14. The summed E-state index contributed by atoms with van der Waals surface area (Å²) < 4.78 is 21.0. The van der Waals surface area contributed by atoms with E-state index in [2.05, 4.69) is 9.88 Å². The molecule has 0 N–H and O–H groups in total. The molecule has 1 saturated heterocycles. The van der Waals surface area contributed by atoms with E-state index in [4.69, 9.17) is 4.74 Å². The summed E-state index contributed by atoms with van der Waals surface area (Å²) in [7, 11) is 1.65. The number of hydrogen-bond acceptors (Lipinski definition) is 5. The topological polar surface area (TPSA) is 47.4 Å². The minimum Gasteiger partial charge on any atom is -0.495 e. The average Bonchev–Trinajstić information content (AvgIpc) is 3.45. The van der Waals surface area contributed by atoms with E-state index in [1.807, 2.05) is 24.3 Å². The second-order valence-corrected chi connectivity index (χ2v) is 8.35. The standard InChI is InChI=1S/C23H20FN3O2S/c1-29-20-12-17(8-9-19(20)26-10-2-3-11-26)27-14-25-18-13-21(30-22(18)23(27)28)15-4-6-16(24)7-5-15/h4-9,12-14H,2-3,10-11H2,1H3. The van der Waals surface area contributed by atoms with E-state index in [-0.39, 0.29) is 11.4 Å². The van der Waals surface area contributed by atoms with Gasteiger partial charge in [-0.2, -0.15) is 0 Å². The smallest absolute Gasteiger partial charge is 0.275 e. The van der Waals surface area contributed by atoms with Crippen LogP contribution in [0.4, 0.5) is 10.1 Å². The van der Waals surface area contributed by atoms with Crippen LogP contribution in [-0.4, -0.2) is 29.8 Å². The lowest BCUT2D eigenvalue weighted by atomic mass is 10.2. The minimum absolute atomic E-state index is 0.130. The van der Waals surface area contributed by atoms with Gasteiger partial charge in [0.05, 0.1) is 24.0 Å². The lowest BCUT2D eigenvalue weighted by molar-refractivity contribution is 0.414. The molecule has 0 unspecified atom stereocenters. The normalized spacial score (nSPS) is 13.9. The lowest BCUT2D eigenvalue weighted by Gasteiger charge is -2.21. The Labute approximate surface area is 177 Å². The first kappa shape index (κ1) is 18.8. The van der Waals surface area contributed by atoms with E-state index in [1.165, 1.54) is 36.3 Å². The molecular weight excluding hydrogens is 401 g/mol. The number of benzene rings is 2. The average molecular weight is 421 g/mol. The van der Waals surface area contributed by atoms with E-state index in [0.29, 0.717) is 15.9 Å². The third-order valence-electron chi connectivity index (χ3n) is 5.45. The molecule has 4 aromatic rings.